The molecule has 0 amide bonds. The Hall–Kier alpha value is -4.19. The molecule has 69 heavy (non-hydrogen) atoms. The summed E-state index contributed by atoms with van der Waals surface area (Å²) in [5.74, 6) is -1.01. The lowest BCUT2D eigenvalue weighted by Gasteiger charge is -2.18. The maximum absolute atomic E-state index is 12.8. The Kier molecular flexibility index (Phi) is 53.0. The number of allylic oxidation sites excluding steroid dienone is 20. The van der Waals surface area contributed by atoms with Crippen molar-refractivity contribution in [1.82, 2.24) is 0 Å². The molecule has 0 aliphatic heterocycles. The number of rotatable bonds is 49. The molecule has 0 aromatic rings. The molecule has 0 heterocycles. The van der Waals surface area contributed by atoms with Crippen molar-refractivity contribution in [2.45, 2.75) is 245 Å². The molecule has 0 fully saturated rings. The quantitative estimate of drug-likeness (QED) is 0.0262. The Morgan fingerprint density at radius 3 is 0.957 bits per heavy atom. The summed E-state index contributed by atoms with van der Waals surface area (Å²) in [5.41, 5.74) is 0. The van der Waals surface area contributed by atoms with E-state index in [1.807, 2.05) is 12.2 Å². The van der Waals surface area contributed by atoms with E-state index in [1.165, 1.54) is 83.5 Å². The van der Waals surface area contributed by atoms with Crippen molar-refractivity contribution in [3.8, 4) is 0 Å². The maximum atomic E-state index is 12.8. The Morgan fingerprint density at radius 1 is 0.304 bits per heavy atom. The summed E-state index contributed by atoms with van der Waals surface area (Å²) in [6.45, 7) is 6.29. The minimum Gasteiger partial charge on any atom is -0.462 e. The summed E-state index contributed by atoms with van der Waals surface area (Å²) in [6, 6.07) is 0. The predicted octanol–water partition coefficient (Wildman–Crippen LogP) is 18.9. The zero-order valence-electron chi connectivity index (χ0n) is 44.5. The van der Waals surface area contributed by atoms with Gasteiger partial charge in [0, 0.05) is 19.3 Å². The van der Waals surface area contributed by atoms with Crippen molar-refractivity contribution in [2.24, 2.45) is 0 Å². The second-order valence-corrected chi connectivity index (χ2v) is 18.1. The van der Waals surface area contributed by atoms with Gasteiger partial charge in [0.2, 0.25) is 0 Å². The summed E-state index contributed by atoms with van der Waals surface area (Å²) in [5, 5.41) is 0. The molecule has 0 N–H and O–H groups in total. The zero-order chi connectivity index (χ0) is 50.0. The largest absolute Gasteiger partial charge is 0.462 e. The number of esters is 3. The van der Waals surface area contributed by atoms with Crippen LogP contribution in [0.25, 0.3) is 0 Å². The standard InChI is InChI=1S/C63H102O6/c1-4-7-10-13-16-19-22-24-25-26-27-28-29-30-31-32-33-34-35-36-37-39-41-44-47-50-53-56-62(65)68-59-60(58-67-61(64)55-52-49-46-43-40-21-18-15-12-9-6-3)69-63(66)57-54-51-48-45-42-38-23-20-17-14-11-8-5-2/h7-8,10-11,15-20,24-25,27-28,30-31,38,42,48,51,60H,4-6,9,12-14,21-23,26,29,32-37,39-41,43-47,49-50,52-59H2,1-3H3/b10-7-,11-8-,18-15-,19-16-,20-17-,25-24-,28-27-,31-30-,42-38-,51-48-. The average molecular weight is 956 g/mol. The van der Waals surface area contributed by atoms with Gasteiger partial charge in [0.05, 0.1) is 0 Å². The average Bonchev–Trinajstić information content (AvgIpc) is 3.35. The highest BCUT2D eigenvalue weighted by Crippen LogP contribution is 2.14. The molecule has 0 radical (unpaired) electrons. The van der Waals surface area contributed by atoms with Crippen LogP contribution in [0.5, 0.6) is 0 Å². The number of ether oxygens (including phenoxy) is 3. The lowest BCUT2D eigenvalue weighted by atomic mass is 10.0. The highest BCUT2D eigenvalue weighted by atomic mass is 16.6. The van der Waals surface area contributed by atoms with Gasteiger partial charge in [0.1, 0.15) is 13.2 Å². The van der Waals surface area contributed by atoms with Crippen molar-refractivity contribution in [3.63, 3.8) is 0 Å². The van der Waals surface area contributed by atoms with E-state index >= 15 is 0 Å². The van der Waals surface area contributed by atoms with E-state index in [0.29, 0.717) is 19.3 Å². The summed E-state index contributed by atoms with van der Waals surface area (Å²) < 4.78 is 16.7. The maximum Gasteiger partial charge on any atom is 0.306 e. The van der Waals surface area contributed by atoms with Gasteiger partial charge in [-0.15, -0.1) is 0 Å². The number of carbonyl (C=O) groups excluding carboxylic acids is 3. The Labute approximate surface area is 424 Å². The van der Waals surface area contributed by atoms with Gasteiger partial charge in [-0.3, -0.25) is 14.4 Å². The molecule has 0 rings (SSSR count). The van der Waals surface area contributed by atoms with E-state index < -0.39 is 12.1 Å². The molecule has 0 bridgehead atoms. The predicted molar refractivity (Wildman–Crippen MR) is 297 cm³/mol. The zero-order valence-corrected chi connectivity index (χ0v) is 44.5. The van der Waals surface area contributed by atoms with Crippen LogP contribution in [0.2, 0.25) is 0 Å². The van der Waals surface area contributed by atoms with Gasteiger partial charge in [-0.25, -0.2) is 0 Å². The summed E-state index contributed by atoms with van der Waals surface area (Å²) in [4.78, 5) is 38.0. The van der Waals surface area contributed by atoms with Crippen LogP contribution in [0.1, 0.15) is 239 Å². The summed E-state index contributed by atoms with van der Waals surface area (Å²) >= 11 is 0. The van der Waals surface area contributed by atoms with Crippen molar-refractivity contribution in [2.75, 3.05) is 13.2 Å². The molecule has 390 valence electrons. The fourth-order valence-corrected chi connectivity index (χ4v) is 7.29. The Bertz CT molecular complexity index is 1470. The van der Waals surface area contributed by atoms with E-state index in [1.54, 1.807) is 0 Å². The SMILES string of the molecule is CC/C=C\C/C=C\C/C=C\C/C=C\C/C=C\CCCCCCCCCCCCCC(=O)OCC(COC(=O)CCCCCCC/C=C\CCCC)OC(=O)CC/C=C\C/C=C\C/C=C\C/C=C\CC. The molecular weight excluding hydrogens is 853 g/mol. The molecular formula is C63H102O6. The molecule has 6 heteroatoms. The third kappa shape index (κ3) is 54.6. The molecule has 1 atom stereocenters. The molecule has 0 aromatic carbocycles. The summed E-state index contributed by atoms with van der Waals surface area (Å²) in [6.07, 6.45) is 77.9. The molecule has 1 unspecified atom stereocenters. The van der Waals surface area contributed by atoms with Crippen LogP contribution in [-0.4, -0.2) is 37.2 Å². The fraction of sp³-hybridized carbons (Fsp3) is 0.635. The van der Waals surface area contributed by atoms with Gasteiger partial charge in [-0.05, 0) is 109 Å². The van der Waals surface area contributed by atoms with Crippen molar-refractivity contribution < 1.29 is 28.6 Å². The van der Waals surface area contributed by atoms with Crippen molar-refractivity contribution in [3.05, 3.63) is 122 Å². The first-order valence-corrected chi connectivity index (χ1v) is 28.0. The lowest BCUT2D eigenvalue weighted by Crippen LogP contribution is -2.30. The van der Waals surface area contributed by atoms with Crippen LogP contribution in [0.15, 0.2) is 122 Å². The monoisotopic (exact) mass is 955 g/mol. The third-order valence-corrected chi connectivity index (χ3v) is 11.4. The van der Waals surface area contributed by atoms with Gasteiger partial charge in [-0.1, -0.05) is 232 Å². The van der Waals surface area contributed by atoms with Crippen molar-refractivity contribution in [1.29, 1.82) is 0 Å². The van der Waals surface area contributed by atoms with Crippen LogP contribution in [-0.2, 0) is 28.6 Å². The van der Waals surface area contributed by atoms with Gasteiger partial charge in [0.25, 0.3) is 0 Å². The summed E-state index contributed by atoms with van der Waals surface area (Å²) in [7, 11) is 0. The number of hydrogen-bond acceptors (Lipinski definition) is 6. The van der Waals surface area contributed by atoms with Crippen LogP contribution < -0.4 is 0 Å². The first-order chi connectivity index (χ1) is 34.0. The molecule has 0 aliphatic carbocycles. The highest BCUT2D eigenvalue weighted by molar-refractivity contribution is 5.71. The Balaban J connectivity index is 4.30. The first-order valence-electron chi connectivity index (χ1n) is 28.0. The topological polar surface area (TPSA) is 78.9 Å². The Morgan fingerprint density at radius 2 is 0.594 bits per heavy atom. The minimum absolute atomic E-state index is 0.113. The van der Waals surface area contributed by atoms with E-state index in [4.69, 9.17) is 14.2 Å². The molecule has 0 aromatic heterocycles. The second kappa shape index (κ2) is 56.4. The molecule has 6 nitrogen and oxygen atoms in total. The van der Waals surface area contributed by atoms with Gasteiger partial charge >= 0.3 is 17.9 Å². The van der Waals surface area contributed by atoms with E-state index in [9.17, 15) is 14.4 Å². The molecule has 0 aliphatic rings. The van der Waals surface area contributed by atoms with E-state index in [-0.39, 0.29) is 31.6 Å². The fourth-order valence-electron chi connectivity index (χ4n) is 7.29. The normalized spacial score (nSPS) is 13.0. The minimum atomic E-state index is -0.822. The van der Waals surface area contributed by atoms with Gasteiger partial charge in [0.15, 0.2) is 6.10 Å². The van der Waals surface area contributed by atoms with Crippen LogP contribution in [0.3, 0.4) is 0 Å². The molecule has 0 saturated heterocycles. The van der Waals surface area contributed by atoms with E-state index in [0.717, 1.165) is 109 Å². The van der Waals surface area contributed by atoms with Crippen LogP contribution in [0.4, 0.5) is 0 Å². The van der Waals surface area contributed by atoms with E-state index in [2.05, 4.69) is 130 Å². The number of unbranched alkanes of at least 4 members (excludes halogenated alkanes) is 18. The lowest BCUT2D eigenvalue weighted by molar-refractivity contribution is -0.166. The van der Waals surface area contributed by atoms with Crippen LogP contribution >= 0.6 is 0 Å². The van der Waals surface area contributed by atoms with Crippen LogP contribution in [0, 0.1) is 0 Å². The second-order valence-electron chi connectivity index (χ2n) is 18.1. The van der Waals surface area contributed by atoms with Gasteiger partial charge < -0.3 is 14.2 Å². The van der Waals surface area contributed by atoms with Crippen molar-refractivity contribution >= 4 is 17.9 Å². The third-order valence-electron chi connectivity index (χ3n) is 11.4. The van der Waals surface area contributed by atoms with Gasteiger partial charge in [-0.2, -0.15) is 0 Å². The highest BCUT2D eigenvalue weighted by Gasteiger charge is 2.19. The smallest absolute Gasteiger partial charge is 0.306 e. The molecule has 0 spiro atoms. The number of hydrogen-bond donors (Lipinski definition) is 0. The number of carbonyl (C=O) groups is 3. The first kappa shape index (κ1) is 64.8. The molecule has 0 saturated carbocycles.